The highest BCUT2D eigenvalue weighted by Gasteiger charge is 2.56. The van der Waals surface area contributed by atoms with Gasteiger partial charge in [0.15, 0.2) is 0 Å². The molecule has 0 bridgehead atoms. The Balaban J connectivity index is 1.87. The van der Waals surface area contributed by atoms with Gasteiger partial charge in [-0.3, -0.25) is 0 Å². The van der Waals surface area contributed by atoms with Crippen LogP contribution in [-0.2, 0) is 0 Å². The molecule has 1 heterocycles. The summed E-state index contributed by atoms with van der Waals surface area (Å²) in [6, 6.07) is 0.843. The number of rotatable bonds is 3. The number of hydrogen-bond acceptors (Lipinski definition) is 2. The van der Waals surface area contributed by atoms with Crippen LogP contribution >= 0.6 is 0 Å². The first-order chi connectivity index (χ1) is 6.57. The van der Waals surface area contributed by atoms with Gasteiger partial charge >= 0.3 is 0 Å². The molecular formula is C12H24N2. The Morgan fingerprint density at radius 3 is 2.50 bits per heavy atom. The minimum Gasteiger partial charge on any atom is -0.330 e. The van der Waals surface area contributed by atoms with E-state index in [1.54, 1.807) is 0 Å². The van der Waals surface area contributed by atoms with Crippen molar-refractivity contribution in [2.24, 2.45) is 23.0 Å². The summed E-state index contributed by atoms with van der Waals surface area (Å²) < 4.78 is 0. The van der Waals surface area contributed by atoms with E-state index in [1.807, 2.05) is 0 Å². The van der Waals surface area contributed by atoms with Crippen LogP contribution < -0.4 is 5.73 Å². The molecule has 1 saturated heterocycles. The molecule has 0 spiro atoms. The van der Waals surface area contributed by atoms with E-state index in [9.17, 15) is 0 Å². The summed E-state index contributed by atoms with van der Waals surface area (Å²) in [5.41, 5.74) is 6.32. The van der Waals surface area contributed by atoms with Gasteiger partial charge in [-0.1, -0.05) is 13.8 Å². The van der Waals surface area contributed by atoms with Crippen LogP contribution in [0.1, 0.15) is 33.1 Å². The second-order valence-electron chi connectivity index (χ2n) is 5.78. The van der Waals surface area contributed by atoms with Gasteiger partial charge in [0.25, 0.3) is 0 Å². The Morgan fingerprint density at radius 2 is 2.07 bits per heavy atom. The molecule has 1 saturated carbocycles. The third-order valence-electron chi connectivity index (χ3n) is 4.74. The zero-order valence-corrected chi connectivity index (χ0v) is 9.79. The van der Waals surface area contributed by atoms with Gasteiger partial charge < -0.3 is 10.6 Å². The Bertz CT molecular complexity index is 212. The van der Waals surface area contributed by atoms with Crippen LogP contribution in [0, 0.1) is 17.3 Å². The van der Waals surface area contributed by atoms with Crippen molar-refractivity contribution in [2.45, 2.75) is 39.2 Å². The van der Waals surface area contributed by atoms with Gasteiger partial charge in [0.1, 0.15) is 0 Å². The van der Waals surface area contributed by atoms with Gasteiger partial charge in [0, 0.05) is 6.04 Å². The molecule has 2 fully saturated rings. The summed E-state index contributed by atoms with van der Waals surface area (Å²) in [5.74, 6) is 1.68. The van der Waals surface area contributed by atoms with Gasteiger partial charge in [-0.15, -0.1) is 0 Å². The Labute approximate surface area is 87.8 Å². The molecule has 0 aromatic carbocycles. The molecule has 3 atom stereocenters. The zero-order chi connectivity index (χ0) is 10.3. The van der Waals surface area contributed by atoms with E-state index in [4.69, 9.17) is 5.73 Å². The Hall–Kier alpha value is -0.0800. The first-order valence-electron chi connectivity index (χ1n) is 5.97. The molecule has 0 amide bonds. The molecule has 1 aliphatic carbocycles. The fraction of sp³-hybridized carbons (Fsp3) is 1.00. The summed E-state index contributed by atoms with van der Waals surface area (Å²) in [4.78, 5) is 2.53. The third kappa shape index (κ3) is 1.59. The summed E-state index contributed by atoms with van der Waals surface area (Å²) in [6.07, 6.45) is 4.17. The van der Waals surface area contributed by atoms with E-state index in [-0.39, 0.29) is 0 Å². The van der Waals surface area contributed by atoms with Gasteiger partial charge in [-0.2, -0.15) is 0 Å². The smallest absolute Gasteiger partial charge is 0.00956 e. The molecule has 2 rings (SSSR count). The van der Waals surface area contributed by atoms with Crippen molar-refractivity contribution in [2.75, 3.05) is 20.1 Å². The lowest BCUT2D eigenvalue weighted by Gasteiger charge is -2.19. The quantitative estimate of drug-likeness (QED) is 0.744. The largest absolute Gasteiger partial charge is 0.330 e. The molecule has 2 heteroatoms. The molecule has 1 unspecified atom stereocenters. The van der Waals surface area contributed by atoms with Crippen LogP contribution in [0.2, 0.25) is 0 Å². The number of hydrogen-bond donors (Lipinski definition) is 1. The first-order valence-corrected chi connectivity index (χ1v) is 5.97. The summed E-state index contributed by atoms with van der Waals surface area (Å²) >= 11 is 0. The molecule has 1 aliphatic heterocycles. The zero-order valence-electron chi connectivity index (χ0n) is 9.79. The van der Waals surface area contributed by atoms with Crippen molar-refractivity contribution in [1.82, 2.24) is 4.90 Å². The maximum absolute atomic E-state index is 5.80. The van der Waals surface area contributed by atoms with Crippen molar-refractivity contribution in [1.29, 1.82) is 0 Å². The molecule has 14 heavy (non-hydrogen) atoms. The van der Waals surface area contributed by atoms with Gasteiger partial charge in [0.2, 0.25) is 0 Å². The van der Waals surface area contributed by atoms with Crippen molar-refractivity contribution >= 4 is 0 Å². The van der Waals surface area contributed by atoms with Crippen LogP contribution in [-0.4, -0.2) is 31.1 Å². The summed E-state index contributed by atoms with van der Waals surface area (Å²) in [5, 5.41) is 0. The monoisotopic (exact) mass is 196 g/mol. The highest BCUT2D eigenvalue weighted by molar-refractivity contribution is 5.06. The molecule has 2 N–H and O–H groups in total. The number of nitrogens with two attached hydrogens (primary N) is 1. The number of nitrogens with zero attached hydrogens (tertiary/aromatic N) is 1. The van der Waals surface area contributed by atoms with Gasteiger partial charge in [-0.05, 0) is 56.7 Å². The second kappa shape index (κ2) is 3.49. The fourth-order valence-corrected chi connectivity index (χ4v) is 3.36. The van der Waals surface area contributed by atoms with Crippen molar-refractivity contribution < 1.29 is 0 Å². The molecule has 82 valence electrons. The average Bonchev–Trinajstić information content (AvgIpc) is 2.44. The van der Waals surface area contributed by atoms with Crippen LogP contribution in [0.25, 0.3) is 0 Å². The van der Waals surface area contributed by atoms with E-state index in [1.165, 1.54) is 25.8 Å². The maximum atomic E-state index is 5.80. The van der Waals surface area contributed by atoms with Gasteiger partial charge in [0.05, 0.1) is 0 Å². The highest BCUT2D eigenvalue weighted by atomic mass is 15.1. The normalized spacial score (nSPS) is 41.6. The standard InChI is InChI=1S/C12H24N2/c1-12(2)10(11(12)8-13)7-9-5-4-6-14(9)3/h9-11H,4-8,13H2,1-3H3/t9?,10-,11-/m1/s1. The van der Waals surface area contributed by atoms with E-state index in [2.05, 4.69) is 25.8 Å². The van der Waals surface area contributed by atoms with Crippen LogP contribution in [0.4, 0.5) is 0 Å². The molecule has 0 aromatic rings. The van der Waals surface area contributed by atoms with E-state index in [0.29, 0.717) is 5.41 Å². The highest BCUT2D eigenvalue weighted by Crippen LogP contribution is 2.60. The molecule has 0 radical (unpaired) electrons. The van der Waals surface area contributed by atoms with Crippen molar-refractivity contribution in [3.63, 3.8) is 0 Å². The Kier molecular flexibility index (Phi) is 2.61. The minimum absolute atomic E-state index is 0.526. The van der Waals surface area contributed by atoms with E-state index < -0.39 is 0 Å². The number of likely N-dealkylation sites (tertiary alicyclic amines) is 1. The average molecular weight is 196 g/mol. The van der Waals surface area contributed by atoms with E-state index in [0.717, 1.165) is 24.4 Å². The summed E-state index contributed by atoms with van der Waals surface area (Å²) in [7, 11) is 2.27. The lowest BCUT2D eigenvalue weighted by Crippen LogP contribution is -2.25. The third-order valence-corrected chi connectivity index (χ3v) is 4.74. The topological polar surface area (TPSA) is 29.3 Å². The molecule has 2 aliphatic rings. The van der Waals surface area contributed by atoms with Gasteiger partial charge in [-0.25, -0.2) is 0 Å². The SMILES string of the molecule is CN1CCCC1C[C@@H]1[C@@H](CN)C1(C)C. The van der Waals surface area contributed by atoms with Crippen LogP contribution in [0.15, 0.2) is 0 Å². The first kappa shape index (κ1) is 10.4. The van der Waals surface area contributed by atoms with Crippen molar-refractivity contribution in [3.8, 4) is 0 Å². The fourth-order valence-electron chi connectivity index (χ4n) is 3.36. The lowest BCUT2D eigenvalue weighted by molar-refractivity contribution is 0.276. The van der Waals surface area contributed by atoms with Crippen LogP contribution in [0.5, 0.6) is 0 Å². The van der Waals surface area contributed by atoms with Crippen LogP contribution in [0.3, 0.4) is 0 Å². The molecular weight excluding hydrogens is 172 g/mol. The maximum Gasteiger partial charge on any atom is 0.00956 e. The minimum atomic E-state index is 0.526. The van der Waals surface area contributed by atoms with E-state index >= 15 is 0 Å². The predicted molar refractivity (Wildman–Crippen MR) is 60.1 cm³/mol. The predicted octanol–water partition coefficient (Wildman–Crippen LogP) is 1.70. The molecule has 0 aromatic heterocycles. The van der Waals surface area contributed by atoms with Crippen molar-refractivity contribution in [3.05, 3.63) is 0 Å². The lowest BCUT2D eigenvalue weighted by atomic mass is 10.0. The summed E-state index contributed by atoms with van der Waals surface area (Å²) in [6.45, 7) is 6.94. The molecule has 2 nitrogen and oxygen atoms in total. The second-order valence-corrected chi connectivity index (χ2v) is 5.78. The Morgan fingerprint density at radius 1 is 1.36 bits per heavy atom.